The highest BCUT2D eigenvalue weighted by Gasteiger charge is 2.23. The van der Waals surface area contributed by atoms with E-state index in [0.29, 0.717) is 6.04 Å². The van der Waals surface area contributed by atoms with Gasteiger partial charge in [0.15, 0.2) is 0 Å². The fraction of sp³-hybridized carbons (Fsp3) is 0.636. The van der Waals surface area contributed by atoms with Crippen molar-refractivity contribution in [3.05, 3.63) is 24.3 Å². The molecule has 1 fully saturated rings. The van der Waals surface area contributed by atoms with E-state index in [-0.39, 0.29) is 0 Å². The smallest absolute Gasteiger partial charge is 0.0724 e. The molecule has 0 saturated heterocycles. The van der Waals surface area contributed by atoms with Crippen LogP contribution >= 0.6 is 0 Å². The van der Waals surface area contributed by atoms with E-state index < -0.39 is 0 Å². The lowest BCUT2D eigenvalue weighted by Crippen LogP contribution is -2.36. The van der Waals surface area contributed by atoms with E-state index in [2.05, 4.69) is 22.2 Å². The lowest BCUT2D eigenvalue weighted by atomic mass is 9.80. The average Bonchev–Trinajstić information content (AvgIpc) is 2.14. The van der Waals surface area contributed by atoms with E-state index in [9.17, 15) is 0 Å². The van der Waals surface area contributed by atoms with Gasteiger partial charge in [0.1, 0.15) is 0 Å². The van der Waals surface area contributed by atoms with Crippen molar-refractivity contribution in [1.29, 1.82) is 0 Å². The Kier molecular flexibility index (Phi) is 3.09. The quantitative estimate of drug-likeness (QED) is 0.788. The Morgan fingerprint density at radius 2 is 2.36 bits per heavy atom. The Balaban J connectivity index is 1.76. The van der Waals surface area contributed by atoms with Gasteiger partial charge in [0.2, 0.25) is 0 Å². The lowest BCUT2D eigenvalue weighted by Gasteiger charge is -2.31. The van der Waals surface area contributed by atoms with Crippen LogP contribution in [0.5, 0.6) is 0 Å². The number of hydrogen-bond donors (Lipinski definition) is 1. The Hall–Kier alpha value is -0.960. The fourth-order valence-corrected chi connectivity index (χ4v) is 1.79. The zero-order chi connectivity index (χ0) is 9.80. The summed E-state index contributed by atoms with van der Waals surface area (Å²) in [6.07, 6.45) is 9.44. The van der Waals surface area contributed by atoms with Crippen LogP contribution in [0.4, 0.5) is 0 Å². The summed E-state index contributed by atoms with van der Waals surface area (Å²) in [6, 6.07) is 0.616. The molecule has 1 heterocycles. The Bertz CT molecular complexity index is 269. The topological polar surface area (TPSA) is 37.8 Å². The van der Waals surface area contributed by atoms with E-state index >= 15 is 0 Å². The van der Waals surface area contributed by atoms with Gasteiger partial charge in [0.05, 0.1) is 5.69 Å². The number of nitrogens with zero attached hydrogens (tertiary/aromatic N) is 2. The molecule has 0 aliphatic heterocycles. The largest absolute Gasteiger partial charge is 0.308 e. The van der Waals surface area contributed by atoms with Crippen LogP contribution in [-0.2, 0) is 6.54 Å². The van der Waals surface area contributed by atoms with Gasteiger partial charge in [-0.2, -0.15) is 0 Å². The predicted molar refractivity (Wildman–Crippen MR) is 55.7 cm³/mol. The highest BCUT2D eigenvalue weighted by atomic mass is 14.9. The second-order valence-corrected chi connectivity index (χ2v) is 4.06. The van der Waals surface area contributed by atoms with Crippen molar-refractivity contribution >= 4 is 0 Å². The molecule has 14 heavy (non-hydrogen) atoms. The SMILES string of the molecule is CC(NCc1cnccn1)C1CCC1. The molecule has 1 aromatic rings. The molecule has 0 spiro atoms. The maximum Gasteiger partial charge on any atom is 0.0724 e. The zero-order valence-electron chi connectivity index (χ0n) is 8.61. The van der Waals surface area contributed by atoms with Crippen molar-refractivity contribution < 1.29 is 0 Å². The fourth-order valence-electron chi connectivity index (χ4n) is 1.79. The van der Waals surface area contributed by atoms with Gasteiger partial charge in [-0.15, -0.1) is 0 Å². The van der Waals surface area contributed by atoms with Crippen molar-refractivity contribution in [3.8, 4) is 0 Å². The summed E-state index contributed by atoms with van der Waals surface area (Å²) in [5.74, 6) is 0.881. The van der Waals surface area contributed by atoms with Gasteiger partial charge < -0.3 is 5.32 Å². The first-order chi connectivity index (χ1) is 6.86. The van der Waals surface area contributed by atoms with Crippen molar-refractivity contribution in [1.82, 2.24) is 15.3 Å². The van der Waals surface area contributed by atoms with Crippen molar-refractivity contribution in [2.75, 3.05) is 0 Å². The minimum absolute atomic E-state index is 0.616. The predicted octanol–water partition coefficient (Wildman–Crippen LogP) is 1.75. The van der Waals surface area contributed by atoms with E-state index in [1.807, 2.05) is 6.20 Å². The molecule has 1 aliphatic carbocycles. The van der Waals surface area contributed by atoms with E-state index in [4.69, 9.17) is 0 Å². The second-order valence-electron chi connectivity index (χ2n) is 4.06. The van der Waals surface area contributed by atoms with E-state index in [0.717, 1.165) is 18.2 Å². The van der Waals surface area contributed by atoms with Gasteiger partial charge in [0, 0.05) is 31.2 Å². The highest BCUT2D eigenvalue weighted by molar-refractivity contribution is 4.94. The highest BCUT2D eigenvalue weighted by Crippen LogP contribution is 2.29. The minimum atomic E-state index is 0.616. The van der Waals surface area contributed by atoms with Crippen LogP contribution in [0.25, 0.3) is 0 Å². The molecule has 0 radical (unpaired) electrons. The van der Waals surface area contributed by atoms with E-state index in [1.165, 1.54) is 19.3 Å². The molecule has 1 aliphatic rings. The standard InChI is InChI=1S/C11H17N3/c1-9(10-3-2-4-10)14-8-11-7-12-5-6-13-11/h5-7,9-10,14H,2-4,8H2,1H3. The molecule has 1 unspecified atom stereocenters. The number of nitrogens with one attached hydrogen (secondary N) is 1. The maximum absolute atomic E-state index is 4.23. The summed E-state index contributed by atoms with van der Waals surface area (Å²) >= 11 is 0. The zero-order valence-corrected chi connectivity index (χ0v) is 8.61. The Morgan fingerprint density at radius 3 is 2.93 bits per heavy atom. The molecule has 76 valence electrons. The molecule has 3 nitrogen and oxygen atoms in total. The van der Waals surface area contributed by atoms with Gasteiger partial charge in [-0.3, -0.25) is 9.97 Å². The van der Waals surface area contributed by atoms with Crippen molar-refractivity contribution in [2.24, 2.45) is 5.92 Å². The van der Waals surface area contributed by atoms with Crippen LogP contribution in [0.2, 0.25) is 0 Å². The summed E-state index contributed by atoms with van der Waals surface area (Å²) < 4.78 is 0. The average molecular weight is 191 g/mol. The molecule has 1 saturated carbocycles. The summed E-state index contributed by atoms with van der Waals surface area (Å²) in [7, 11) is 0. The first-order valence-electron chi connectivity index (χ1n) is 5.34. The Morgan fingerprint density at radius 1 is 1.50 bits per heavy atom. The normalized spacial score (nSPS) is 18.9. The molecule has 1 atom stereocenters. The number of aromatic nitrogens is 2. The van der Waals surface area contributed by atoms with Crippen LogP contribution in [-0.4, -0.2) is 16.0 Å². The molecule has 0 amide bonds. The summed E-state index contributed by atoms with van der Waals surface area (Å²) in [4.78, 5) is 8.27. The van der Waals surface area contributed by atoms with Gasteiger partial charge in [-0.05, 0) is 25.7 Å². The van der Waals surface area contributed by atoms with Crippen LogP contribution in [0, 0.1) is 5.92 Å². The summed E-state index contributed by atoms with van der Waals surface area (Å²) in [6.45, 7) is 3.10. The second kappa shape index (κ2) is 4.51. The lowest BCUT2D eigenvalue weighted by molar-refractivity contribution is 0.239. The van der Waals surface area contributed by atoms with E-state index in [1.54, 1.807) is 12.4 Å². The molecular formula is C11H17N3. The van der Waals surface area contributed by atoms with Crippen LogP contribution in [0.3, 0.4) is 0 Å². The van der Waals surface area contributed by atoms with Crippen LogP contribution in [0.15, 0.2) is 18.6 Å². The molecule has 1 aromatic heterocycles. The van der Waals surface area contributed by atoms with Crippen LogP contribution in [0.1, 0.15) is 31.9 Å². The Labute approximate surface area is 85.0 Å². The van der Waals surface area contributed by atoms with Gasteiger partial charge in [-0.1, -0.05) is 6.42 Å². The third kappa shape index (κ3) is 2.29. The van der Waals surface area contributed by atoms with Gasteiger partial charge >= 0.3 is 0 Å². The maximum atomic E-state index is 4.23. The first kappa shape index (κ1) is 9.59. The minimum Gasteiger partial charge on any atom is -0.308 e. The summed E-state index contributed by atoms with van der Waals surface area (Å²) in [5.41, 5.74) is 1.03. The number of rotatable bonds is 4. The van der Waals surface area contributed by atoms with Gasteiger partial charge in [0.25, 0.3) is 0 Å². The monoisotopic (exact) mass is 191 g/mol. The summed E-state index contributed by atoms with van der Waals surface area (Å²) in [5, 5.41) is 3.50. The van der Waals surface area contributed by atoms with Crippen LogP contribution < -0.4 is 5.32 Å². The molecule has 2 rings (SSSR count). The van der Waals surface area contributed by atoms with Crippen molar-refractivity contribution in [2.45, 2.75) is 38.8 Å². The molecular weight excluding hydrogens is 174 g/mol. The first-order valence-corrected chi connectivity index (χ1v) is 5.34. The third-order valence-electron chi connectivity index (χ3n) is 3.08. The van der Waals surface area contributed by atoms with Crippen molar-refractivity contribution in [3.63, 3.8) is 0 Å². The molecule has 0 aromatic carbocycles. The van der Waals surface area contributed by atoms with Gasteiger partial charge in [-0.25, -0.2) is 0 Å². The molecule has 1 N–H and O–H groups in total. The third-order valence-corrected chi connectivity index (χ3v) is 3.08. The molecule has 3 heteroatoms. The number of hydrogen-bond acceptors (Lipinski definition) is 3. The molecule has 0 bridgehead atoms.